The van der Waals surface area contributed by atoms with Gasteiger partial charge >= 0.3 is 0 Å². The van der Waals surface area contributed by atoms with Gasteiger partial charge in [0.2, 0.25) is 0 Å². The summed E-state index contributed by atoms with van der Waals surface area (Å²) in [7, 11) is 2.80. The standard InChI is InChI=1S/C13H16N3P/c17-16-8-4-7-12(16)13-14-9-11(15-13)10-5-2-1-3-6-10/h1-3,5-6,9,12H,4,7-8,17H2,(H,14,15). The normalized spacial score (nSPS) is 20.9. The summed E-state index contributed by atoms with van der Waals surface area (Å²) in [6, 6.07) is 10.8. The van der Waals surface area contributed by atoms with Crippen LogP contribution in [0.15, 0.2) is 36.5 Å². The molecule has 0 radical (unpaired) electrons. The smallest absolute Gasteiger partial charge is 0.124 e. The fourth-order valence-electron chi connectivity index (χ4n) is 2.35. The maximum Gasteiger partial charge on any atom is 0.124 e. The number of nitrogens with one attached hydrogen (secondary N) is 1. The molecule has 2 atom stereocenters. The third kappa shape index (κ3) is 2.13. The molecule has 3 rings (SSSR count). The van der Waals surface area contributed by atoms with Crippen molar-refractivity contribution < 1.29 is 0 Å². The molecule has 1 fully saturated rings. The molecule has 1 aromatic heterocycles. The predicted molar refractivity (Wildman–Crippen MR) is 72.4 cm³/mol. The molecular weight excluding hydrogens is 229 g/mol. The van der Waals surface area contributed by atoms with E-state index in [-0.39, 0.29) is 0 Å². The van der Waals surface area contributed by atoms with Gasteiger partial charge in [-0.15, -0.1) is 0 Å². The number of nitrogens with zero attached hydrogens (tertiary/aromatic N) is 2. The minimum absolute atomic E-state index is 0.428. The van der Waals surface area contributed by atoms with Gasteiger partial charge in [-0.25, -0.2) is 4.98 Å². The van der Waals surface area contributed by atoms with Crippen LogP contribution in [0.2, 0.25) is 0 Å². The van der Waals surface area contributed by atoms with Gasteiger partial charge in [-0.1, -0.05) is 39.7 Å². The molecule has 1 saturated heterocycles. The molecule has 1 aromatic carbocycles. The van der Waals surface area contributed by atoms with Crippen LogP contribution in [-0.4, -0.2) is 21.2 Å². The van der Waals surface area contributed by atoms with Gasteiger partial charge in [-0.2, -0.15) is 0 Å². The molecule has 1 N–H and O–H groups in total. The monoisotopic (exact) mass is 245 g/mol. The minimum atomic E-state index is 0.428. The van der Waals surface area contributed by atoms with Crippen LogP contribution in [0.25, 0.3) is 11.3 Å². The van der Waals surface area contributed by atoms with E-state index in [1.165, 1.54) is 18.4 Å². The van der Waals surface area contributed by atoms with Crippen LogP contribution in [-0.2, 0) is 0 Å². The van der Waals surface area contributed by atoms with Crippen LogP contribution in [0.3, 0.4) is 0 Å². The summed E-state index contributed by atoms with van der Waals surface area (Å²) >= 11 is 0. The Balaban J connectivity index is 1.88. The number of benzene rings is 1. The van der Waals surface area contributed by atoms with Crippen molar-refractivity contribution >= 4 is 9.39 Å². The van der Waals surface area contributed by atoms with E-state index >= 15 is 0 Å². The Morgan fingerprint density at radius 2 is 2.12 bits per heavy atom. The Hall–Kier alpha value is -1.18. The van der Waals surface area contributed by atoms with Crippen LogP contribution in [0, 0.1) is 0 Å². The zero-order valence-electron chi connectivity index (χ0n) is 9.63. The zero-order valence-corrected chi connectivity index (χ0v) is 10.8. The highest BCUT2D eigenvalue weighted by Gasteiger charge is 2.25. The van der Waals surface area contributed by atoms with Gasteiger partial charge in [-0.3, -0.25) is 4.67 Å². The summed E-state index contributed by atoms with van der Waals surface area (Å²) in [5, 5.41) is 0. The highest BCUT2D eigenvalue weighted by atomic mass is 31.0. The molecule has 0 amide bonds. The van der Waals surface area contributed by atoms with E-state index in [0.29, 0.717) is 6.04 Å². The number of hydrogen-bond acceptors (Lipinski definition) is 2. The van der Waals surface area contributed by atoms with Gasteiger partial charge in [0.05, 0.1) is 17.9 Å². The molecule has 3 nitrogen and oxygen atoms in total. The Bertz CT molecular complexity index is 494. The van der Waals surface area contributed by atoms with Gasteiger partial charge in [0.1, 0.15) is 5.82 Å². The van der Waals surface area contributed by atoms with Crippen LogP contribution in [0.5, 0.6) is 0 Å². The summed E-state index contributed by atoms with van der Waals surface area (Å²) < 4.78 is 2.29. The molecule has 17 heavy (non-hydrogen) atoms. The van der Waals surface area contributed by atoms with Gasteiger partial charge in [0, 0.05) is 6.54 Å². The Morgan fingerprint density at radius 3 is 2.82 bits per heavy atom. The SMILES string of the molecule is PN1CCCC1c1ncc(-c2ccccc2)[nH]1. The number of aromatic amines is 1. The summed E-state index contributed by atoms with van der Waals surface area (Å²) in [6.45, 7) is 1.14. The molecule has 2 aromatic rings. The third-order valence-electron chi connectivity index (χ3n) is 3.29. The number of hydrogen-bond donors (Lipinski definition) is 1. The van der Waals surface area contributed by atoms with E-state index in [1.54, 1.807) is 0 Å². The summed E-state index contributed by atoms with van der Waals surface area (Å²) in [4.78, 5) is 7.95. The van der Waals surface area contributed by atoms with Crippen molar-refractivity contribution in [3.63, 3.8) is 0 Å². The Kier molecular flexibility index (Phi) is 2.96. The summed E-state index contributed by atoms with van der Waals surface area (Å²) in [5.41, 5.74) is 2.30. The van der Waals surface area contributed by atoms with E-state index in [0.717, 1.165) is 18.1 Å². The third-order valence-corrected chi connectivity index (χ3v) is 3.91. The first kappa shape index (κ1) is 10.9. The highest BCUT2D eigenvalue weighted by molar-refractivity contribution is 7.13. The molecule has 2 heterocycles. The van der Waals surface area contributed by atoms with E-state index in [2.05, 4.69) is 36.2 Å². The number of aromatic nitrogens is 2. The lowest BCUT2D eigenvalue weighted by Crippen LogP contribution is -2.12. The van der Waals surface area contributed by atoms with Crippen LogP contribution >= 0.6 is 9.39 Å². The lowest BCUT2D eigenvalue weighted by atomic mass is 10.2. The minimum Gasteiger partial charge on any atom is -0.341 e. The molecule has 1 aliphatic heterocycles. The van der Waals surface area contributed by atoms with Gasteiger partial charge in [0.15, 0.2) is 0 Å². The van der Waals surface area contributed by atoms with Crippen LogP contribution in [0.1, 0.15) is 24.7 Å². The fourth-order valence-corrected chi connectivity index (χ4v) is 2.83. The molecule has 0 saturated carbocycles. The van der Waals surface area contributed by atoms with Gasteiger partial charge in [-0.05, 0) is 18.4 Å². The largest absolute Gasteiger partial charge is 0.341 e. The average molecular weight is 245 g/mol. The highest BCUT2D eigenvalue weighted by Crippen LogP contribution is 2.33. The first-order valence-electron chi connectivity index (χ1n) is 5.96. The van der Waals surface area contributed by atoms with E-state index < -0.39 is 0 Å². The molecule has 0 aliphatic carbocycles. The Labute approximate surface area is 104 Å². The summed E-state index contributed by atoms with van der Waals surface area (Å²) in [5.74, 6) is 1.08. The average Bonchev–Trinajstić information content (AvgIpc) is 2.98. The van der Waals surface area contributed by atoms with Crippen molar-refractivity contribution in [1.82, 2.24) is 14.6 Å². The fraction of sp³-hybridized carbons (Fsp3) is 0.308. The van der Waals surface area contributed by atoms with Crippen LogP contribution in [0.4, 0.5) is 0 Å². The summed E-state index contributed by atoms with van der Waals surface area (Å²) in [6.07, 6.45) is 4.36. The maximum absolute atomic E-state index is 4.51. The van der Waals surface area contributed by atoms with Crippen molar-refractivity contribution in [3.05, 3.63) is 42.4 Å². The maximum atomic E-state index is 4.51. The molecule has 1 aliphatic rings. The number of rotatable bonds is 2. The van der Waals surface area contributed by atoms with Gasteiger partial charge in [0.25, 0.3) is 0 Å². The lowest BCUT2D eigenvalue weighted by Gasteiger charge is -2.16. The quantitative estimate of drug-likeness (QED) is 0.825. The first-order valence-corrected chi connectivity index (χ1v) is 6.48. The lowest BCUT2D eigenvalue weighted by molar-refractivity contribution is 0.434. The second-order valence-corrected chi connectivity index (χ2v) is 5.11. The predicted octanol–water partition coefficient (Wildman–Crippen LogP) is 3.00. The molecule has 88 valence electrons. The van der Waals surface area contributed by atoms with Crippen molar-refractivity contribution in [3.8, 4) is 11.3 Å². The molecular formula is C13H16N3P. The second-order valence-electron chi connectivity index (χ2n) is 4.44. The van der Waals surface area contributed by atoms with E-state index in [4.69, 9.17) is 0 Å². The molecule has 0 bridgehead atoms. The van der Waals surface area contributed by atoms with Crippen molar-refractivity contribution in [2.75, 3.05) is 6.54 Å². The number of imidazole rings is 1. The Morgan fingerprint density at radius 1 is 1.29 bits per heavy atom. The molecule has 4 heteroatoms. The van der Waals surface area contributed by atoms with Crippen molar-refractivity contribution in [2.45, 2.75) is 18.9 Å². The van der Waals surface area contributed by atoms with Gasteiger partial charge < -0.3 is 4.98 Å². The van der Waals surface area contributed by atoms with Crippen molar-refractivity contribution in [2.24, 2.45) is 0 Å². The zero-order chi connectivity index (χ0) is 11.7. The topological polar surface area (TPSA) is 31.9 Å². The molecule has 2 unspecified atom stereocenters. The molecule has 0 spiro atoms. The second kappa shape index (κ2) is 4.59. The van der Waals surface area contributed by atoms with E-state index in [9.17, 15) is 0 Å². The number of H-pyrrole nitrogens is 1. The van der Waals surface area contributed by atoms with Crippen molar-refractivity contribution in [1.29, 1.82) is 0 Å². The van der Waals surface area contributed by atoms with E-state index in [1.807, 2.05) is 24.4 Å². The van der Waals surface area contributed by atoms with Crippen LogP contribution < -0.4 is 0 Å². The first-order chi connectivity index (χ1) is 8.34.